The minimum Gasteiger partial charge on any atom is -0.393 e. The van der Waals surface area contributed by atoms with Crippen LogP contribution in [0.25, 0.3) is 0 Å². The van der Waals surface area contributed by atoms with E-state index in [0.29, 0.717) is 10.9 Å². The monoisotopic (exact) mass is 230 g/mol. The molecule has 0 saturated carbocycles. The Morgan fingerprint density at radius 1 is 1.27 bits per heavy atom. The summed E-state index contributed by atoms with van der Waals surface area (Å²) in [6, 6.07) is 0. The molecule has 0 bridgehead atoms. The lowest BCUT2D eigenvalue weighted by Crippen LogP contribution is -2.32. The molecule has 0 aromatic heterocycles. The second-order valence-corrected chi connectivity index (χ2v) is 4.95. The molecule has 1 atom stereocenters. The third-order valence-electron chi connectivity index (χ3n) is 2.71. The van der Waals surface area contributed by atoms with Gasteiger partial charge in [-0.15, -0.1) is 0 Å². The summed E-state index contributed by atoms with van der Waals surface area (Å²) in [5.74, 6) is 0.334. The predicted molar refractivity (Wildman–Crippen MR) is 72.2 cm³/mol. The Morgan fingerprint density at radius 2 is 1.87 bits per heavy atom. The summed E-state index contributed by atoms with van der Waals surface area (Å²) in [7, 11) is 2.15. The lowest BCUT2D eigenvalue weighted by atomic mass is 10.1. The molecule has 0 aromatic rings. The first-order valence-electron chi connectivity index (χ1n) is 6.05. The molecule has 0 amide bonds. The Hall–Kier alpha value is -0.150. The van der Waals surface area contributed by atoms with Crippen molar-refractivity contribution in [1.29, 1.82) is 0 Å². The van der Waals surface area contributed by atoms with Crippen molar-refractivity contribution in [2.24, 2.45) is 11.7 Å². The standard InChI is InChI=1S/C12H26N2S/c1-4-5-6-7-8-9-14(3)10-11(2)12(13)15/h11H,4-10H2,1-3H3,(H2,13,15). The molecule has 0 aliphatic rings. The van der Waals surface area contributed by atoms with Gasteiger partial charge < -0.3 is 10.6 Å². The van der Waals surface area contributed by atoms with Gasteiger partial charge in [-0.05, 0) is 20.0 Å². The molecule has 0 heterocycles. The number of hydrogen-bond donors (Lipinski definition) is 1. The molecule has 0 rings (SSSR count). The van der Waals surface area contributed by atoms with E-state index in [0.717, 1.165) is 13.1 Å². The topological polar surface area (TPSA) is 29.3 Å². The Labute approximate surface area is 100 Å². The van der Waals surface area contributed by atoms with Crippen molar-refractivity contribution in [2.75, 3.05) is 20.1 Å². The number of unbranched alkanes of at least 4 members (excludes halogenated alkanes) is 4. The van der Waals surface area contributed by atoms with Crippen molar-refractivity contribution in [3.05, 3.63) is 0 Å². The zero-order chi connectivity index (χ0) is 11.7. The first kappa shape index (κ1) is 14.8. The summed E-state index contributed by atoms with van der Waals surface area (Å²) >= 11 is 4.96. The van der Waals surface area contributed by atoms with Crippen molar-refractivity contribution in [3.63, 3.8) is 0 Å². The first-order chi connectivity index (χ1) is 7.07. The second-order valence-electron chi connectivity index (χ2n) is 4.48. The fourth-order valence-corrected chi connectivity index (χ4v) is 1.71. The van der Waals surface area contributed by atoms with Crippen LogP contribution in [0, 0.1) is 5.92 Å². The molecule has 0 aromatic carbocycles. The second kappa shape index (κ2) is 9.10. The van der Waals surface area contributed by atoms with Crippen LogP contribution in [0.2, 0.25) is 0 Å². The van der Waals surface area contributed by atoms with E-state index in [1.54, 1.807) is 0 Å². The maximum Gasteiger partial charge on any atom is 0.0768 e. The van der Waals surface area contributed by atoms with Gasteiger partial charge in [-0.1, -0.05) is 51.7 Å². The van der Waals surface area contributed by atoms with Crippen LogP contribution < -0.4 is 5.73 Å². The van der Waals surface area contributed by atoms with E-state index < -0.39 is 0 Å². The molecule has 2 nitrogen and oxygen atoms in total. The van der Waals surface area contributed by atoms with Gasteiger partial charge in [0.15, 0.2) is 0 Å². The van der Waals surface area contributed by atoms with Crippen LogP contribution in [0.5, 0.6) is 0 Å². The zero-order valence-corrected chi connectivity index (χ0v) is 11.3. The number of hydrogen-bond acceptors (Lipinski definition) is 2. The van der Waals surface area contributed by atoms with Gasteiger partial charge in [-0.2, -0.15) is 0 Å². The highest BCUT2D eigenvalue weighted by molar-refractivity contribution is 7.80. The molecule has 3 heteroatoms. The lowest BCUT2D eigenvalue weighted by molar-refractivity contribution is 0.306. The quantitative estimate of drug-likeness (QED) is 0.488. The molecule has 90 valence electrons. The van der Waals surface area contributed by atoms with Crippen LogP contribution in [0.4, 0.5) is 0 Å². The summed E-state index contributed by atoms with van der Waals surface area (Å²) in [4.78, 5) is 2.96. The van der Waals surface area contributed by atoms with Crippen LogP contribution >= 0.6 is 12.2 Å². The van der Waals surface area contributed by atoms with Gasteiger partial charge >= 0.3 is 0 Å². The molecular formula is C12H26N2S. The fourth-order valence-electron chi connectivity index (χ4n) is 1.63. The normalized spacial score (nSPS) is 13.1. The summed E-state index contributed by atoms with van der Waals surface area (Å²) in [6.07, 6.45) is 6.69. The van der Waals surface area contributed by atoms with Crippen LogP contribution in [0.15, 0.2) is 0 Å². The third kappa shape index (κ3) is 8.82. The predicted octanol–water partition coefficient (Wildman–Crippen LogP) is 2.81. The summed E-state index contributed by atoms with van der Waals surface area (Å²) in [6.45, 7) is 6.49. The average molecular weight is 230 g/mol. The largest absolute Gasteiger partial charge is 0.393 e. The smallest absolute Gasteiger partial charge is 0.0768 e. The summed E-state index contributed by atoms with van der Waals surface area (Å²) in [5, 5.41) is 0. The van der Waals surface area contributed by atoms with Gasteiger partial charge in [0, 0.05) is 12.5 Å². The van der Waals surface area contributed by atoms with Crippen molar-refractivity contribution in [3.8, 4) is 0 Å². The number of nitrogens with two attached hydrogens (primary N) is 1. The average Bonchev–Trinajstić information content (AvgIpc) is 2.17. The highest BCUT2D eigenvalue weighted by Gasteiger charge is 2.07. The maximum atomic E-state index is 5.58. The Kier molecular flexibility index (Phi) is 9.01. The number of thiocarbonyl (C=S) groups is 1. The van der Waals surface area contributed by atoms with Gasteiger partial charge in [-0.25, -0.2) is 0 Å². The van der Waals surface area contributed by atoms with Gasteiger partial charge in [0.2, 0.25) is 0 Å². The Morgan fingerprint density at radius 3 is 2.40 bits per heavy atom. The van der Waals surface area contributed by atoms with E-state index in [4.69, 9.17) is 18.0 Å². The first-order valence-corrected chi connectivity index (χ1v) is 6.46. The van der Waals surface area contributed by atoms with Crippen LogP contribution in [-0.2, 0) is 0 Å². The molecule has 0 radical (unpaired) electrons. The minimum atomic E-state index is 0.334. The van der Waals surface area contributed by atoms with E-state index in [-0.39, 0.29) is 0 Å². The zero-order valence-electron chi connectivity index (χ0n) is 10.5. The highest BCUT2D eigenvalue weighted by Crippen LogP contribution is 2.04. The molecule has 0 aliphatic heterocycles. The summed E-state index contributed by atoms with van der Waals surface area (Å²) < 4.78 is 0. The van der Waals surface area contributed by atoms with Gasteiger partial charge in [-0.3, -0.25) is 0 Å². The van der Waals surface area contributed by atoms with E-state index in [2.05, 4.69) is 25.8 Å². The fraction of sp³-hybridized carbons (Fsp3) is 0.917. The minimum absolute atomic E-state index is 0.334. The molecule has 0 aliphatic carbocycles. The van der Waals surface area contributed by atoms with Crippen LogP contribution in [0.1, 0.15) is 46.0 Å². The highest BCUT2D eigenvalue weighted by atomic mass is 32.1. The van der Waals surface area contributed by atoms with Gasteiger partial charge in [0.1, 0.15) is 0 Å². The van der Waals surface area contributed by atoms with E-state index in [1.165, 1.54) is 32.1 Å². The number of nitrogens with zero attached hydrogens (tertiary/aromatic N) is 1. The van der Waals surface area contributed by atoms with Crippen LogP contribution in [-0.4, -0.2) is 30.0 Å². The van der Waals surface area contributed by atoms with Gasteiger partial charge in [0.25, 0.3) is 0 Å². The third-order valence-corrected chi connectivity index (χ3v) is 3.12. The molecule has 0 fully saturated rings. The Bertz CT molecular complexity index is 171. The van der Waals surface area contributed by atoms with E-state index >= 15 is 0 Å². The molecule has 1 unspecified atom stereocenters. The Balaban J connectivity index is 3.40. The van der Waals surface area contributed by atoms with Crippen molar-refractivity contribution in [1.82, 2.24) is 4.90 Å². The molecule has 0 spiro atoms. The van der Waals surface area contributed by atoms with E-state index in [9.17, 15) is 0 Å². The molecular weight excluding hydrogens is 204 g/mol. The molecule has 15 heavy (non-hydrogen) atoms. The molecule has 2 N–H and O–H groups in total. The summed E-state index contributed by atoms with van der Waals surface area (Å²) in [5.41, 5.74) is 5.58. The SMILES string of the molecule is CCCCCCCN(C)CC(C)C(N)=S. The van der Waals surface area contributed by atoms with Gasteiger partial charge in [0.05, 0.1) is 4.99 Å². The number of rotatable bonds is 9. The van der Waals surface area contributed by atoms with Crippen LogP contribution in [0.3, 0.4) is 0 Å². The van der Waals surface area contributed by atoms with Crippen molar-refractivity contribution < 1.29 is 0 Å². The van der Waals surface area contributed by atoms with Crippen molar-refractivity contribution in [2.45, 2.75) is 46.0 Å². The maximum absolute atomic E-state index is 5.58. The van der Waals surface area contributed by atoms with Crippen molar-refractivity contribution >= 4 is 17.2 Å². The molecule has 0 saturated heterocycles. The van der Waals surface area contributed by atoms with E-state index in [1.807, 2.05) is 0 Å². The lowest BCUT2D eigenvalue weighted by Gasteiger charge is -2.20.